The summed E-state index contributed by atoms with van der Waals surface area (Å²) in [4.78, 5) is 0.227. The van der Waals surface area contributed by atoms with E-state index in [-0.39, 0.29) is 4.90 Å². The Morgan fingerprint density at radius 2 is 1.86 bits per heavy atom. The third kappa shape index (κ3) is 3.84. The summed E-state index contributed by atoms with van der Waals surface area (Å²) in [6.07, 6.45) is 0. The molecule has 0 unspecified atom stereocenters. The molecule has 0 aliphatic rings. The molecule has 0 aliphatic heterocycles. The van der Waals surface area contributed by atoms with Gasteiger partial charge in [-0.2, -0.15) is 0 Å². The summed E-state index contributed by atoms with van der Waals surface area (Å²) in [6.45, 7) is 2.55. The van der Waals surface area contributed by atoms with Crippen LogP contribution in [0.4, 0.5) is 5.69 Å². The number of aryl methyl sites for hydroxylation is 1. The second-order valence-corrected chi connectivity index (χ2v) is 7.22. The van der Waals surface area contributed by atoms with E-state index in [1.54, 1.807) is 24.3 Å². The van der Waals surface area contributed by atoms with Crippen molar-refractivity contribution in [2.45, 2.75) is 18.4 Å². The maximum absolute atomic E-state index is 12.5. The number of para-hydroxylation sites is 1. The Morgan fingerprint density at radius 3 is 2.48 bits per heavy atom. The fraction of sp³-hybridized carbons (Fsp3) is 0.200. The van der Waals surface area contributed by atoms with Crippen LogP contribution < -0.4 is 10.0 Å². The number of benzene rings is 2. The fourth-order valence-electron chi connectivity index (χ4n) is 1.96. The molecule has 0 heterocycles. The minimum absolute atomic E-state index is 0.227. The van der Waals surface area contributed by atoms with Crippen LogP contribution in [0.2, 0.25) is 0 Å². The molecule has 0 aromatic heterocycles. The smallest absolute Gasteiger partial charge is 0.263 e. The second-order valence-electron chi connectivity index (χ2n) is 4.72. The quantitative estimate of drug-likeness (QED) is 0.851. The summed E-state index contributed by atoms with van der Waals surface area (Å²) < 4.78 is 28.1. The van der Waals surface area contributed by atoms with Gasteiger partial charge in [0.25, 0.3) is 10.0 Å². The van der Waals surface area contributed by atoms with E-state index in [0.29, 0.717) is 16.7 Å². The zero-order chi connectivity index (χ0) is 15.5. The van der Waals surface area contributed by atoms with E-state index in [0.717, 1.165) is 11.1 Å². The number of nitrogens with one attached hydrogen (secondary N) is 2. The molecule has 2 rings (SSSR count). The van der Waals surface area contributed by atoms with Crippen LogP contribution in [-0.4, -0.2) is 15.5 Å². The van der Waals surface area contributed by atoms with Crippen molar-refractivity contribution in [2.75, 3.05) is 11.8 Å². The van der Waals surface area contributed by atoms with Gasteiger partial charge >= 0.3 is 0 Å². The average molecular weight is 369 g/mol. The fourth-order valence-corrected chi connectivity index (χ4v) is 4.22. The minimum atomic E-state index is -3.62. The highest BCUT2D eigenvalue weighted by Gasteiger charge is 2.18. The van der Waals surface area contributed by atoms with Gasteiger partial charge in [0.2, 0.25) is 0 Å². The molecule has 6 heteroatoms. The van der Waals surface area contributed by atoms with Crippen LogP contribution in [0.25, 0.3) is 0 Å². The lowest BCUT2D eigenvalue weighted by molar-refractivity contribution is 0.600. The first-order valence-corrected chi connectivity index (χ1v) is 8.73. The summed E-state index contributed by atoms with van der Waals surface area (Å²) >= 11 is 3.34. The van der Waals surface area contributed by atoms with E-state index in [1.165, 1.54) is 0 Å². The largest absolute Gasteiger partial charge is 0.316 e. The van der Waals surface area contributed by atoms with Crippen molar-refractivity contribution in [3.05, 3.63) is 58.1 Å². The molecule has 0 fully saturated rings. The van der Waals surface area contributed by atoms with Gasteiger partial charge in [0.05, 0.1) is 5.69 Å². The Labute approximate surface area is 133 Å². The molecular weight excluding hydrogens is 352 g/mol. The van der Waals surface area contributed by atoms with Crippen molar-refractivity contribution >= 4 is 31.6 Å². The molecular formula is C15H17BrN2O2S. The zero-order valence-electron chi connectivity index (χ0n) is 11.9. The van der Waals surface area contributed by atoms with Gasteiger partial charge in [0.15, 0.2) is 0 Å². The lowest BCUT2D eigenvalue weighted by atomic mass is 10.2. The van der Waals surface area contributed by atoms with Crippen molar-refractivity contribution < 1.29 is 8.42 Å². The van der Waals surface area contributed by atoms with Gasteiger partial charge in [0.1, 0.15) is 4.90 Å². The molecule has 4 nitrogen and oxygen atoms in total. The van der Waals surface area contributed by atoms with E-state index in [9.17, 15) is 8.42 Å². The van der Waals surface area contributed by atoms with E-state index in [2.05, 4.69) is 26.0 Å². The maximum Gasteiger partial charge on any atom is 0.263 e. The molecule has 0 saturated carbocycles. The maximum atomic E-state index is 12.5. The van der Waals surface area contributed by atoms with Gasteiger partial charge < -0.3 is 5.32 Å². The molecule has 21 heavy (non-hydrogen) atoms. The van der Waals surface area contributed by atoms with Crippen molar-refractivity contribution in [3.8, 4) is 0 Å². The molecule has 0 saturated heterocycles. The second kappa shape index (κ2) is 6.60. The molecule has 2 aromatic rings. The van der Waals surface area contributed by atoms with Crippen LogP contribution >= 0.6 is 15.9 Å². The summed E-state index contributed by atoms with van der Waals surface area (Å²) in [7, 11) is -1.77. The minimum Gasteiger partial charge on any atom is -0.316 e. The number of anilines is 1. The van der Waals surface area contributed by atoms with E-state index >= 15 is 0 Å². The lowest BCUT2D eigenvalue weighted by Gasteiger charge is -2.12. The normalized spacial score (nSPS) is 11.4. The van der Waals surface area contributed by atoms with E-state index in [1.807, 2.05) is 32.2 Å². The molecule has 0 atom stereocenters. The third-order valence-electron chi connectivity index (χ3n) is 3.06. The van der Waals surface area contributed by atoms with Crippen molar-refractivity contribution in [1.29, 1.82) is 0 Å². The Balaban J connectivity index is 2.34. The number of hydrogen-bond donors (Lipinski definition) is 2. The van der Waals surface area contributed by atoms with E-state index in [4.69, 9.17) is 0 Å². The number of hydrogen-bond acceptors (Lipinski definition) is 3. The highest BCUT2D eigenvalue weighted by atomic mass is 79.9. The zero-order valence-corrected chi connectivity index (χ0v) is 14.3. The lowest BCUT2D eigenvalue weighted by Crippen LogP contribution is -2.15. The van der Waals surface area contributed by atoms with Gasteiger partial charge in [-0.15, -0.1) is 0 Å². The van der Waals surface area contributed by atoms with Gasteiger partial charge in [-0.05, 0) is 59.2 Å². The molecule has 112 valence electrons. The molecule has 2 N–H and O–H groups in total. The average Bonchev–Trinajstić information content (AvgIpc) is 2.41. The van der Waals surface area contributed by atoms with Gasteiger partial charge in [-0.3, -0.25) is 4.72 Å². The molecule has 0 amide bonds. The first-order valence-electron chi connectivity index (χ1n) is 6.45. The summed E-state index contributed by atoms with van der Waals surface area (Å²) in [5, 5.41) is 3.03. The van der Waals surface area contributed by atoms with Crippen molar-refractivity contribution in [1.82, 2.24) is 5.32 Å². The molecule has 0 spiro atoms. The SMILES string of the molecule is CNCc1ccc(S(=O)(=O)Nc2ccccc2C)c(Br)c1. The van der Waals surface area contributed by atoms with Gasteiger partial charge in [0, 0.05) is 11.0 Å². The van der Waals surface area contributed by atoms with E-state index < -0.39 is 10.0 Å². The van der Waals surface area contributed by atoms with Gasteiger partial charge in [-0.25, -0.2) is 8.42 Å². The highest BCUT2D eigenvalue weighted by molar-refractivity contribution is 9.10. The van der Waals surface area contributed by atoms with Crippen molar-refractivity contribution in [3.63, 3.8) is 0 Å². The first kappa shape index (κ1) is 16.0. The highest BCUT2D eigenvalue weighted by Crippen LogP contribution is 2.26. The summed E-state index contributed by atoms with van der Waals surface area (Å²) in [5.41, 5.74) is 2.48. The first-order chi connectivity index (χ1) is 9.94. The van der Waals surface area contributed by atoms with Crippen LogP contribution in [0.3, 0.4) is 0 Å². The van der Waals surface area contributed by atoms with Crippen LogP contribution in [0, 0.1) is 6.92 Å². The van der Waals surface area contributed by atoms with Crippen LogP contribution in [-0.2, 0) is 16.6 Å². The topological polar surface area (TPSA) is 58.2 Å². The van der Waals surface area contributed by atoms with Crippen LogP contribution in [0.5, 0.6) is 0 Å². The number of rotatable bonds is 5. The van der Waals surface area contributed by atoms with Crippen LogP contribution in [0.1, 0.15) is 11.1 Å². The Kier molecular flexibility index (Phi) is 5.03. The Hall–Kier alpha value is -1.37. The summed E-state index contributed by atoms with van der Waals surface area (Å²) in [5.74, 6) is 0. The number of sulfonamides is 1. The van der Waals surface area contributed by atoms with Crippen molar-refractivity contribution in [2.24, 2.45) is 0 Å². The van der Waals surface area contributed by atoms with Crippen LogP contribution in [0.15, 0.2) is 51.8 Å². The monoisotopic (exact) mass is 368 g/mol. The Morgan fingerprint density at radius 1 is 1.14 bits per heavy atom. The predicted octanol–water partition coefficient (Wildman–Crippen LogP) is 3.28. The molecule has 0 aliphatic carbocycles. The predicted molar refractivity (Wildman–Crippen MR) is 88.9 cm³/mol. The third-order valence-corrected chi connectivity index (χ3v) is 5.40. The molecule has 0 bridgehead atoms. The number of halogens is 1. The molecule has 2 aromatic carbocycles. The Bertz CT molecular complexity index is 745. The summed E-state index contributed by atoms with van der Waals surface area (Å²) in [6, 6.07) is 12.5. The van der Waals surface area contributed by atoms with Gasteiger partial charge in [-0.1, -0.05) is 24.3 Å². The molecule has 0 radical (unpaired) electrons. The standard InChI is InChI=1S/C15H17BrN2O2S/c1-11-5-3-4-6-14(11)18-21(19,20)15-8-7-12(10-17-2)9-13(15)16/h3-9,17-18H,10H2,1-2H3.